The van der Waals surface area contributed by atoms with Crippen molar-refractivity contribution < 1.29 is 19.1 Å². The van der Waals surface area contributed by atoms with Crippen molar-refractivity contribution in [3.63, 3.8) is 0 Å². The Balaban J connectivity index is 2.08. The van der Waals surface area contributed by atoms with E-state index < -0.39 is 5.97 Å². The summed E-state index contributed by atoms with van der Waals surface area (Å²) >= 11 is 0. The van der Waals surface area contributed by atoms with Crippen molar-refractivity contribution in [2.24, 2.45) is 0 Å². The summed E-state index contributed by atoms with van der Waals surface area (Å²) in [7, 11) is 1.45. The molecule has 0 aliphatic heterocycles. The topological polar surface area (TPSA) is 64.6 Å². The first kappa shape index (κ1) is 15.6. The van der Waals surface area contributed by atoms with E-state index in [1.807, 2.05) is 30.3 Å². The van der Waals surface area contributed by atoms with Crippen molar-refractivity contribution in [3.05, 3.63) is 59.7 Å². The number of hydrogen-bond acceptors (Lipinski definition) is 4. The van der Waals surface area contributed by atoms with E-state index in [9.17, 15) is 9.59 Å². The average molecular weight is 299 g/mol. The molecule has 1 amide bonds. The molecule has 22 heavy (non-hydrogen) atoms. The fourth-order valence-corrected chi connectivity index (χ4v) is 1.93. The van der Waals surface area contributed by atoms with Gasteiger partial charge in [0, 0.05) is 19.0 Å². The van der Waals surface area contributed by atoms with E-state index in [1.165, 1.54) is 20.1 Å². The normalized spacial score (nSPS) is 9.91. The van der Waals surface area contributed by atoms with Crippen molar-refractivity contribution in [2.75, 3.05) is 7.11 Å². The lowest BCUT2D eigenvalue weighted by Crippen LogP contribution is -2.22. The maximum absolute atomic E-state index is 12.1. The SMILES string of the molecule is COc1cc(C(=O)NCc2ccccc2)ccc1OC(C)=O. The van der Waals surface area contributed by atoms with Gasteiger partial charge in [0.1, 0.15) is 0 Å². The van der Waals surface area contributed by atoms with Crippen LogP contribution >= 0.6 is 0 Å². The highest BCUT2D eigenvalue weighted by Gasteiger charge is 2.12. The van der Waals surface area contributed by atoms with E-state index in [1.54, 1.807) is 12.1 Å². The standard InChI is InChI=1S/C17H17NO4/c1-12(19)22-15-9-8-14(10-16(15)21-2)17(20)18-11-13-6-4-3-5-7-13/h3-10H,11H2,1-2H3,(H,18,20). The van der Waals surface area contributed by atoms with Crippen molar-refractivity contribution >= 4 is 11.9 Å². The van der Waals surface area contributed by atoms with Gasteiger partial charge in [-0.3, -0.25) is 9.59 Å². The average Bonchev–Trinajstić information content (AvgIpc) is 2.53. The van der Waals surface area contributed by atoms with E-state index >= 15 is 0 Å². The smallest absolute Gasteiger partial charge is 0.308 e. The monoisotopic (exact) mass is 299 g/mol. The summed E-state index contributed by atoms with van der Waals surface area (Å²) < 4.78 is 10.1. The first-order valence-corrected chi connectivity index (χ1v) is 6.78. The van der Waals surface area contributed by atoms with Crippen molar-refractivity contribution in [3.8, 4) is 11.5 Å². The number of ether oxygens (including phenoxy) is 2. The Hall–Kier alpha value is -2.82. The van der Waals surface area contributed by atoms with E-state index in [2.05, 4.69) is 5.32 Å². The highest BCUT2D eigenvalue weighted by Crippen LogP contribution is 2.28. The van der Waals surface area contributed by atoms with E-state index in [0.29, 0.717) is 17.9 Å². The zero-order chi connectivity index (χ0) is 15.9. The van der Waals surface area contributed by atoms with Crippen LogP contribution in [0.5, 0.6) is 11.5 Å². The maximum atomic E-state index is 12.1. The van der Waals surface area contributed by atoms with Crippen LogP contribution in [-0.2, 0) is 11.3 Å². The van der Waals surface area contributed by atoms with Gasteiger partial charge in [-0.1, -0.05) is 30.3 Å². The van der Waals surface area contributed by atoms with Crippen molar-refractivity contribution in [1.29, 1.82) is 0 Å². The van der Waals surface area contributed by atoms with Crippen LogP contribution in [0.4, 0.5) is 0 Å². The molecule has 0 saturated heterocycles. The third-order valence-electron chi connectivity index (χ3n) is 2.98. The van der Waals surface area contributed by atoms with Crippen LogP contribution in [0.25, 0.3) is 0 Å². The molecular weight excluding hydrogens is 282 g/mol. The molecule has 5 heteroatoms. The molecule has 2 rings (SSSR count). The van der Waals surface area contributed by atoms with E-state index in [4.69, 9.17) is 9.47 Å². The molecule has 0 heterocycles. The predicted octanol–water partition coefficient (Wildman–Crippen LogP) is 2.55. The number of benzene rings is 2. The molecule has 0 aromatic heterocycles. The van der Waals surface area contributed by atoms with Crippen LogP contribution in [-0.4, -0.2) is 19.0 Å². The molecule has 0 saturated carbocycles. The summed E-state index contributed by atoms with van der Waals surface area (Å²) in [6.07, 6.45) is 0. The van der Waals surface area contributed by atoms with Crippen LogP contribution < -0.4 is 14.8 Å². The second-order valence-corrected chi connectivity index (χ2v) is 4.63. The van der Waals surface area contributed by atoms with Gasteiger partial charge in [-0.05, 0) is 23.8 Å². The minimum absolute atomic E-state index is 0.225. The summed E-state index contributed by atoms with van der Waals surface area (Å²) in [5.41, 5.74) is 1.45. The fraction of sp³-hybridized carbons (Fsp3) is 0.176. The Labute approximate surface area is 128 Å². The third-order valence-corrected chi connectivity index (χ3v) is 2.98. The van der Waals surface area contributed by atoms with Crippen LogP contribution in [0.3, 0.4) is 0 Å². The molecular formula is C17H17NO4. The minimum atomic E-state index is -0.445. The van der Waals surface area contributed by atoms with Gasteiger partial charge >= 0.3 is 5.97 Å². The van der Waals surface area contributed by atoms with Gasteiger partial charge in [0.2, 0.25) is 0 Å². The van der Waals surface area contributed by atoms with Gasteiger partial charge in [0.25, 0.3) is 5.91 Å². The Kier molecular flexibility index (Phi) is 5.14. The lowest BCUT2D eigenvalue weighted by atomic mass is 10.1. The highest BCUT2D eigenvalue weighted by atomic mass is 16.6. The second kappa shape index (κ2) is 7.26. The number of methoxy groups -OCH3 is 1. The number of carbonyl (C=O) groups is 2. The van der Waals surface area contributed by atoms with E-state index in [0.717, 1.165) is 5.56 Å². The molecule has 2 aromatic rings. The zero-order valence-corrected chi connectivity index (χ0v) is 12.5. The minimum Gasteiger partial charge on any atom is -0.493 e. The van der Waals surface area contributed by atoms with Gasteiger partial charge in [0.05, 0.1) is 7.11 Å². The zero-order valence-electron chi connectivity index (χ0n) is 12.5. The summed E-state index contributed by atoms with van der Waals surface area (Å²) in [5.74, 6) is -0.0479. The summed E-state index contributed by atoms with van der Waals surface area (Å²) in [5, 5.41) is 2.82. The number of amides is 1. The van der Waals surface area contributed by atoms with Crippen LogP contribution in [0.15, 0.2) is 48.5 Å². The predicted molar refractivity (Wildman–Crippen MR) is 81.9 cm³/mol. The van der Waals surface area contributed by atoms with Gasteiger partial charge < -0.3 is 14.8 Å². The molecule has 0 bridgehead atoms. The second-order valence-electron chi connectivity index (χ2n) is 4.63. The summed E-state index contributed by atoms with van der Waals surface area (Å²) in [6, 6.07) is 14.3. The molecule has 0 fully saturated rings. The number of hydrogen-bond donors (Lipinski definition) is 1. The number of nitrogens with one attached hydrogen (secondary N) is 1. The van der Waals surface area contributed by atoms with Gasteiger partial charge in [-0.15, -0.1) is 0 Å². The Morgan fingerprint density at radius 1 is 1.05 bits per heavy atom. The maximum Gasteiger partial charge on any atom is 0.308 e. The molecule has 0 radical (unpaired) electrons. The number of carbonyl (C=O) groups excluding carboxylic acids is 2. The highest BCUT2D eigenvalue weighted by molar-refractivity contribution is 5.95. The molecule has 114 valence electrons. The molecule has 0 unspecified atom stereocenters. The van der Waals surface area contributed by atoms with Crippen molar-refractivity contribution in [1.82, 2.24) is 5.32 Å². The molecule has 2 aromatic carbocycles. The Morgan fingerprint density at radius 3 is 2.41 bits per heavy atom. The third kappa shape index (κ3) is 4.09. The Bertz CT molecular complexity index is 668. The summed E-state index contributed by atoms with van der Waals surface area (Å²) in [6.45, 7) is 1.74. The van der Waals surface area contributed by atoms with Gasteiger partial charge in [-0.25, -0.2) is 0 Å². The summed E-state index contributed by atoms with van der Waals surface area (Å²) in [4.78, 5) is 23.1. The van der Waals surface area contributed by atoms with Gasteiger partial charge in [-0.2, -0.15) is 0 Å². The molecule has 1 N–H and O–H groups in total. The van der Waals surface area contributed by atoms with Crippen molar-refractivity contribution in [2.45, 2.75) is 13.5 Å². The molecule has 0 spiro atoms. The lowest BCUT2D eigenvalue weighted by molar-refractivity contribution is -0.132. The number of rotatable bonds is 5. The quantitative estimate of drug-likeness (QED) is 0.680. The first-order valence-electron chi connectivity index (χ1n) is 6.78. The van der Waals surface area contributed by atoms with Gasteiger partial charge in [0.15, 0.2) is 11.5 Å². The largest absolute Gasteiger partial charge is 0.493 e. The van der Waals surface area contributed by atoms with Crippen LogP contribution in [0.2, 0.25) is 0 Å². The van der Waals surface area contributed by atoms with Crippen LogP contribution in [0.1, 0.15) is 22.8 Å². The van der Waals surface area contributed by atoms with Crippen LogP contribution in [0, 0.1) is 0 Å². The number of esters is 1. The molecule has 0 atom stereocenters. The van der Waals surface area contributed by atoms with E-state index in [-0.39, 0.29) is 11.7 Å². The lowest BCUT2D eigenvalue weighted by Gasteiger charge is -2.10. The molecule has 0 aliphatic carbocycles. The molecule has 5 nitrogen and oxygen atoms in total. The Morgan fingerprint density at radius 2 is 1.77 bits per heavy atom. The fourth-order valence-electron chi connectivity index (χ4n) is 1.93. The first-order chi connectivity index (χ1) is 10.6. The molecule has 0 aliphatic rings.